The summed E-state index contributed by atoms with van der Waals surface area (Å²) in [5.74, 6) is -0.526. The molecule has 0 aliphatic heterocycles. The average molecular weight is 499 g/mol. The highest BCUT2D eigenvalue weighted by Gasteiger charge is 2.33. The van der Waals surface area contributed by atoms with Crippen LogP contribution in [0.15, 0.2) is 43.8 Å². The van der Waals surface area contributed by atoms with Crippen molar-refractivity contribution < 1.29 is 22.4 Å². The Morgan fingerprint density at radius 2 is 1.97 bits per heavy atom. The number of aryl methyl sites for hydroxylation is 1. The highest BCUT2D eigenvalue weighted by molar-refractivity contribution is 7.14. The van der Waals surface area contributed by atoms with E-state index in [1.165, 1.54) is 31.8 Å². The monoisotopic (exact) mass is 498 g/mol. The molecular weight excluding hydrogens is 485 g/mol. The zero-order valence-corrected chi connectivity index (χ0v) is 18.6. The van der Waals surface area contributed by atoms with E-state index >= 15 is 0 Å². The lowest BCUT2D eigenvalue weighted by Gasteiger charge is -2.09. The minimum atomic E-state index is -4.62. The highest BCUT2D eigenvalue weighted by atomic mass is 35.5. The summed E-state index contributed by atoms with van der Waals surface area (Å²) in [6.45, 7) is 0. The number of alkyl halides is 3. The number of thiazole rings is 1. The maximum atomic E-state index is 13.1. The van der Waals surface area contributed by atoms with Crippen LogP contribution >= 0.6 is 22.9 Å². The molecule has 1 amide bonds. The summed E-state index contributed by atoms with van der Waals surface area (Å²) in [4.78, 5) is 41.1. The predicted octanol–water partition coefficient (Wildman–Crippen LogP) is 3.81. The van der Waals surface area contributed by atoms with Gasteiger partial charge in [-0.3, -0.25) is 18.7 Å². The molecule has 3 heterocycles. The minimum Gasteiger partial charge on any atom is -0.447 e. The van der Waals surface area contributed by atoms with E-state index in [0.717, 1.165) is 32.6 Å². The average Bonchev–Trinajstić information content (AvgIpc) is 3.37. The van der Waals surface area contributed by atoms with Crippen molar-refractivity contribution in [2.75, 3.05) is 5.32 Å². The molecule has 0 unspecified atom stereocenters. The first-order chi connectivity index (χ1) is 15.5. The number of aromatic nitrogens is 3. The fourth-order valence-corrected chi connectivity index (χ4v) is 4.22. The van der Waals surface area contributed by atoms with Gasteiger partial charge in [-0.2, -0.15) is 13.2 Å². The standard InChI is InChI=1S/C20H14ClF3N4O4S/c1-27-16(30)15-10(7-32-17(15)28(2)19(27)31)6-14(29)26-18-25-13(8-33-18)9-3-4-12(21)11(5-9)20(22,23)24/h3-5,7-8H,6H2,1-2H3,(H,25,26,29). The number of nitrogens with one attached hydrogen (secondary N) is 1. The number of halogens is 4. The molecule has 3 aromatic heterocycles. The van der Waals surface area contributed by atoms with Crippen molar-refractivity contribution >= 4 is 45.1 Å². The molecule has 0 aliphatic rings. The number of hydrogen-bond donors (Lipinski definition) is 1. The fraction of sp³-hybridized carbons (Fsp3) is 0.200. The first-order valence-electron chi connectivity index (χ1n) is 9.26. The van der Waals surface area contributed by atoms with Crippen molar-refractivity contribution in [3.05, 3.63) is 66.8 Å². The quantitative estimate of drug-likeness (QED) is 0.461. The lowest BCUT2D eigenvalue weighted by Crippen LogP contribution is -2.36. The molecule has 0 saturated carbocycles. The van der Waals surface area contributed by atoms with E-state index in [1.54, 1.807) is 0 Å². The first-order valence-corrected chi connectivity index (χ1v) is 10.5. The summed E-state index contributed by atoms with van der Waals surface area (Å²) < 4.78 is 46.7. The third kappa shape index (κ3) is 4.18. The molecule has 33 heavy (non-hydrogen) atoms. The van der Waals surface area contributed by atoms with Crippen LogP contribution in [0.25, 0.3) is 22.4 Å². The van der Waals surface area contributed by atoms with Crippen molar-refractivity contribution in [3.8, 4) is 11.3 Å². The van der Waals surface area contributed by atoms with E-state index in [1.807, 2.05) is 0 Å². The summed E-state index contributed by atoms with van der Waals surface area (Å²) in [5, 5.41) is 3.89. The lowest BCUT2D eigenvalue weighted by atomic mass is 10.1. The van der Waals surface area contributed by atoms with Gasteiger partial charge in [0.25, 0.3) is 5.56 Å². The smallest absolute Gasteiger partial charge is 0.417 e. The summed E-state index contributed by atoms with van der Waals surface area (Å²) >= 11 is 6.67. The Labute approximate surface area is 191 Å². The Kier molecular flexibility index (Phi) is 5.66. The Hall–Kier alpha value is -3.38. The van der Waals surface area contributed by atoms with E-state index in [0.29, 0.717) is 0 Å². The van der Waals surface area contributed by atoms with E-state index in [4.69, 9.17) is 16.0 Å². The van der Waals surface area contributed by atoms with Gasteiger partial charge >= 0.3 is 11.9 Å². The number of benzene rings is 1. The molecule has 4 rings (SSSR count). The van der Waals surface area contributed by atoms with Gasteiger partial charge in [-0.1, -0.05) is 17.7 Å². The lowest BCUT2D eigenvalue weighted by molar-refractivity contribution is -0.137. The van der Waals surface area contributed by atoms with E-state index < -0.39 is 33.9 Å². The molecule has 0 atom stereocenters. The van der Waals surface area contributed by atoms with Gasteiger partial charge in [-0.25, -0.2) is 9.78 Å². The van der Waals surface area contributed by atoms with Crippen LogP contribution in [0.2, 0.25) is 5.02 Å². The molecule has 0 fully saturated rings. The van der Waals surface area contributed by atoms with E-state index in [9.17, 15) is 27.6 Å². The van der Waals surface area contributed by atoms with Crippen LogP contribution in [0.4, 0.5) is 18.3 Å². The van der Waals surface area contributed by atoms with Crippen LogP contribution in [0.1, 0.15) is 11.1 Å². The van der Waals surface area contributed by atoms with Crippen molar-refractivity contribution in [2.24, 2.45) is 14.1 Å². The van der Waals surface area contributed by atoms with Gasteiger partial charge in [-0.05, 0) is 12.1 Å². The molecule has 0 saturated heterocycles. The van der Waals surface area contributed by atoms with Gasteiger partial charge in [0.15, 0.2) is 5.13 Å². The number of hydrogen-bond acceptors (Lipinski definition) is 6. The maximum Gasteiger partial charge on any atom is 0.417 e. The van der Waals surface area contributed by atoms with Gasteiger partial charge in [0.2, 0.25) is 11.6 Å². The second-order valence-corrected chi connectivity index (χ2v) is 8.37. The van der Waals surface area contributed by atoms with Crippen LogP contribution in [0.3, 0.4) is 0 Å². The Balaban J connectivity index is 1.56. The van der Waals surface area contributed by atoms with Gasteiger partial charge in [-0.15, -0.1) is 11.3 Å². The van der Waals surface area contributed by atoms with Crippen molar-refractivity contribution in [1.29, 1.82) is 0 Å². The van der Waals surface area contributed by atoms with Crippen LogP contribution in [0, 0.1) is 0 Å². The van der Waals surface area contributed by atoms with Crippen LogP contribution < -0.4 is 16.6 Å². The summed E-state index contributed by atoms with van der Waals surface area (Å²) in [7, 11) is 2.76. The van der Waals surface area contributed by atoms with Crippen LogP contribution in [-0.4, -0.2) is 20.0 Å². The number of amides is 1. The SMILES string of the molecule is Cn1c(=O)c2c(CC(=O)Nc3nc(-c4ccc(Cl)c(C(F)(F)F)c4)cs3)coc2n(C)c1=O. The molecule has 13 heteroatoms. The molecule has 0 spiro atoms. The Morgan fingerprint density at radius 3 is 2.67 bits per heavy atom. The molecule has 172 valence electrons. The summed E-state index contributed by atoms with van der Waals surface area (Å²) in [6, 6.07) is 3.42. The molecular formula is C20H14ClF3N4O4S. The Bertz CT molecular complexity index is 1520. The number of carbonyl (C=O) groups excluding carboxylic acids is 1. The number of carbonyl (C=O) groups is 1. The number of fused-ring (bicyclic) bond motifs is 1. The molecule has 0 bridgehead atoms. The van der Waals surface area contributed by atoms with Crippen molar-refractivity contribution in [2.45, 2.75) is 12.6 Å². The second kappa shape index (κ2) is 8.19. The van der Waals surface area contributed by atoms with E-state index in [2.05, 4.69) is 10.3 Å². The topological polar surface area (TPSA) is 99.1 Å². The molecule has 1 N–H and O–H groups in total. The van der Waals surface area contributed by atoms with Gasteiger partial charge in [0.05, 0.1) is 29.0 Å². The molecule has 0 radical (unpaired) electrons. The van der Waals surface area contributed by atoms with Gasteiger partial charge < -0.3 is 9.73 Å². The summed E-state index contributed by atoms with van der Waals surface area (Å²) in [6.07, 6.45) is -3.63. The van der Waals surface area contributed by atoms with Gasteiger partial charge in [0, 0.05) is 30.6 Å². The highest BCUT2D eigenvalue weighted by Crippen LogP contribution is 2.37. The third-order valence-corrected chi connectivity index (χ3v) is 6.00. The number of anilines is 1. The van der Waals surface area contributed by atoms with Gasteiger partial charge in [0.1, 0.15) is 5.39 Å². The second-order valence-electron chi connectivity index (χ2n) is 7.10. The molecule has 4 aromatic rings. The molecule has 1 aromatic carbocycles. The molecule has 0 aliphatic carbocycles. The van der Waals surface area contributed by atoms with Crippen LogP contribution in [0.5, 0.6) is 0 Å². The summed E-state index contributed by atoms with van der Waals surface area (Å²) in [5.41, 5.74) is -1.39. The first kappa shape index (κ1) is 22.8. The number of nitrogens with zero attached hydrogens (tertiary/aromatic N) is 3. The zero-order valence-electron chi connectivity index (χ0n) is 17.0. The molecule has 8 nitrogen and oxygen atoms in total. The fourth-order valence-electron chi connectivity index (χ4n) is 3.26. The minimum absolute atomic E-state index is 0.0469. The van der Waals surface area contributed by atoms with E-state index in [-0.39, 0.29) is 39.5 Å². The largest absolute Gasteiger partial charge is 0.447 e. The Morgan fingerprint density at radius 1 is 1.24 bits per heavy atom. The number of furan rings is 1. The predicted molar refractivity (Wildman–Crippen MR) is 117 cm³/mol. The maximum absolute atomic E-state index is 13.1. The third-order valence-electron chi connectivity index (χ3n) is 4.91. The van der Waals surface area contributed by atoms with Crippen molar-refractivity contribution in [3.63, 3.8) is 0 Å². The number of rotatable bonds is 4. The zero-order chi connectivity index (χ0) is 24.1. The van der Waals surface area contributed by atoms with Crippen LogP contribution in [-0.2, 0) is 31.5 Å². The van der Waals surface area contributed by atoms with Crippen molar-refractivity contribution in [1.82, 2.24) is 14.1 Å². The normalized spacial score (nSPS) is 11.8.